The molecule has 8 nitrogen and oxygen atoms in total. The fourth-order valence-corrected chi connectivity index (χ4v) is 1.86. The second kappa shape index (κ2) is 20.5. The molecule has 0 unspecified atom stereocenters. The number of aliphatic hydroxyl groups is 2. The van der Waals surface area contributed by atoms with Crippen molar-refractivity contribution in [2.45, 2.75) is 6.92 Å². The maximum absolute atomic E-state index is 9.07. The third-order valence-electron chi connectivity index (χ3n) is 2.44. The average molecular weight is 486 g/mol. The van der Waals surface area contributed by atoms with Gasteiger partial charge in [-0.05, 0) is 40.2 Å². The van der Waals surface area contributed by atoms with Crippen LogP contribution in [0.2, 0.25) is 0 Å². The summed E-state index contributed by atoms with van der Waals surface area (Å²) in [6, 6.07) is 12.9. The van der Waals surface area contributed by atoms with Gasteiger partial charge in [0.05, 0.1) is 23.8 Å². The Balaban J connectivity index is 0. The van der Waals surface area contributed by atoms with E-state index >= 15 is 0 Å². The van der Waals surface area contributed by atoms with Gasteiger partial charge in [-0.3, -0.25) is 0 Å². The van der Waals surface area contributed by atoms with E-state index in [2.05, 4.69) is 40.7 Å². The zero-order valence-corrected chi connectivity index (χ0v) is 18.3. The van der Waals surface area contributed by atoms with Crippen LogP contribution in [-0.2, 0) is 0 Å². The monoisotopic (exact) mass is 485 g/mol. The molecule has 1 radical (unpaired) electrons. The summed E-state index contributed by atoms with van der Waals surface area (Å²) >= 11 is 6.43. The van der Waals surface area contributed by atoms with Crippen molar-refractivity contribution in [3.63, 3.8) is 0 Å². The molecule has 0 aromatic heterocycles. The first-order chi connectivity index (χ1) is 13.9. The number of hydrogen-bond donors (Lipinski definition) is 5. The van der Waals surface area contributed by atoms with E-state index < -0.39 is 0 Å². The summed E-state index contributed by atoms with van der Waals surface area (Å²) in [5.41, 5.74) is 0. The molecule has 2 aromatic carbocycles. The summed E-state index contributed by atoms with van der Waals surface area (Å²) in [7, 11) is 4.34. The van der Waals surface area contributed by atoms with E-state index in [4.69, 9.17) is 35.2 Å². The van der Waals surface area contributed by atoms with E-state index in [1.807, 2.05) is 0 Å². The zero-order valence-electron chi connectivity index (χ0n) is 15.8. The quantitative estimate of drug-likeness (QED) is 0.313. The van der Waals surface area contributed by atoms with Gasteiger partial charge in [0.2, 0.25) is 0 Å². The maximum atomic E-state index is 9.07. The van der Waals surface area contributed by atoms with Gasteiger partial charge in [0.15, 0.2) is 0 Å². The molecule has 0 heterocycles. The molecule has 2 rings (SSSR count). The van der Waals surface area contributed by atoms with Crippen molar-refractivity contribution in [2.24, 2.45) is 4.30 Å². The van der Waals surface area contributed by atoms with Crippen LogP contribution in [-0.4, -0.2) is 54.5 Å². The minimum atomic E-state index is -0.0396. The molecule has 0 saturated heterocycles. The van der Waals surface area contributed by atoms with Crippen LogP contribution in [0, 0.1) is 11.3 Å². The molecule has 0 spiro atoms. The van der Waals surface area contributed by atoms with Crippen LogP contribution in [0.3, 0.4) is 0 Å². The Labute approximate surface area is 185 Å². The van der Waals surface area contributed by atoms with E-state index in [0.29, 0.717) is 11.5 Å². The van der Waals surface area contributed by atoms with Crippen LogP contribution in [0.1, 0.15) is 6.92 Å². The van der Waals surface area contributed by atoms with Gasteiger partial charge in [0.25, 0.3) is 0 Å². The SMILES string of the molecule is CC#N.OCCOc1cc(O)ccc1Br.OCCOc1cccc(O)c1.[B]=NS. The number of thiol groups is 1. The molecule has 0 saturated carbocycles. The number of aliphatic hydroxyl groups excluding tert-OH is 2. The van der Waals surface area contributed by atoms with E-state index in [1.165, 1.54) is 19.1 Å². The Bertz CT molecular complexity index is 734. The number of halogens is 1. The van der Waals surface area contributed by atoms with Gasteiger partial charge in [-0.25, -0.2) is 0 Å². The summed E-state index contributed by atoms with van der Waals surface area (Å²) in [5.74, 6) is 1.41. The van der Waals surface area contributed by atoms with E-state index in [0.717, 1.165) is 4.47 Å². The fourth-order valence-electron chi connectivity index (χ4n) is 1.50. The van der Waals surface area contributed by atoms with E-state index in [1.54, 1.807) is 36.4 Å². The van der Waals surface area contributed by atoms with Gasteiger partial charge in [-0.15, -0.1) is 0 Å². The van der Waals surface area contributed by atoms with Gasteiger partial charge in [0.1, 0.15) is 36.2 Å². The summed E-state index contributed by atoms with van der Waals surface area (Å²) in [6.07, 6.45) is 0. The summed E-state index contributed by atoms with van der Waals surface area (Å²) < 4.78 is 13.6. The van der Waals surface area contributed by atoms with Crippen molar-refractivity contribution in [3.05, 3.63) is 46.9 Å². The Hall–Kier alpha value is -2.26. The molecule has 0 atom stereocenters. The van der Waals surface area contributed by atoms with E-state index in [-0.39, 0.29) is 37.9 Å². The van der Waals surface area contributed by atoms with Crippen LogP contribution in [0.4, 0.5) is 0 Å². The normalized spacial score (nSPS) is 8.38. The van der Waals surface area contributed by atoms with Crippen LogP contribution in [0.5, 0.6) is 23.0 Å². The molecule has 11 heteroatoms. The summed E-state index contributed by atoms with van der Waals surface area (Å²) in [4.78, 5) is 0. The predicted molar refractivity (Wildman–Crippen MR) is 118 cm³/mol. The van der Waals surface area contributed by atoms with Gasteiger partial charge in [-0.2, -0.15) is 5.26 Å². The molecule has 0 aliphatic carbocycles. The molecule has 0 aliphatic heterocycles. The number of hydrogen-bond acceptors (Lipinski definition) is 9. The van der Waals surface area contributed by atoms with Crippen LogP contribution < -0.4 is 9.47 Å². The van der Waals surface area contributed by atoms with Crippen molar-refractivity contribution in [2.75, 3.05) is 26.4 Å². The van der Waals surface area contributed by atoms with Gasteiger partial charge >= 0.3 is 24.8 Å². The molecule has 29 heavy (non-hydrogen) atoms. The topological polar surface area (TPSA) is 136 Å². The molecule has 0 fully saturated rings. The average Bonchev–Trinajstić information content (AvgIpc) is 2.69. The number of phenolic OH excluding ortho intramolecular Hbond substituents is 2. The molecule has 157 valence electrons. The standard InChI is InChI=1S/C8H9BrO3.C8H10O3.C2H3N.BHNS/c9-7-2-1-6(11)5-8(7)12-4-3-10;9-4-5-11-8-3-1-2-7(10)6-8;2*1-2-3/h1-2,5,10-11H,3-4H2;1-3,6,9-10H,4-5H2;1H3;3H. The first-order valence-corrected chi connectivity index (χ1v) is 9.19. The van der Waals surface area contributed by atoms with Gasteiger partial charge in [-0.1, -0.05) is 6.07 Å². The van der Waals surface area contributed by atoms with Crippen molar-refractivity contribution in [1.82, 2.24) is 0 Å². The van der Waals surface area contributed by atoms with Crippen LogP contribution in [0.25, 0.3) is 0 Å². The first-order valence-electron chi connectivity index (χ1n) is 8.00. The third kappa shape index (κ3) is 17.6. The molecule has 0 aliphatic rings. The van der Waals surface area contributed by atoms with Crippen molar-refractivity contribution >= 4 is 36.4 Å². The number of aromatic hydroxyl groups is 2. The molecule has 2 aromatic rings. The van der Waals surface area contributed by atoms with Crippen molar-refractivity contribution < 1.29 is 29.9 Å². The number of benzene rings is 2. The number of nitriles is 1. The minimum absolute atomic E-state index is 0.0182. The van der Waals surface area contributed by atoms with E-state index in [9.17, 15) is 0 Å². The predicted octanol–water partition coefficient (Wildman–Crippen LogP) is 3.00. The third-order valence-corrected chi connectivity index (χ3v) is 3.10. The van der Waals surface area contributed by atoms with Gasteiger partial charge in [0, 0.05) is 19.1 Å². The van der Waals surface area contributed by atoms with Crippen molar-refractivity contribution in [1.29, 1.82) is 5.26 Å². The molecule has 4 N–H and O–H groups in total. The van der Waals surface area contributed by atoms with Crippen molar-refractivity contribution in [3.8, 4) is 29.1 Å². The summed E-state index contributed by atoms with van der Waals surface area (Å²) in [5, 5.41) is 42.3. The molecule has 0 bridgehead atoms. The van der Waals surface area contributed by atoms with Crippen LogP contribution in [0.15, 0.2) is 51.2 Å². The number of nitrogens with zero attached hydrogens (tertiary/aromatic N) is 2. The van der Waals surface area contributed by atoms with Gasteiger partial charge < -0.3 is 29.9 Å². The fraction of sp³-hybridized carbons (Fsp3) is 0.278. The number of rotatable bonds is 6. The second-order valence-corrected chi connectivity index (χ2v) is 5.68. The number of phenols is 2. The second-order valence-electron chi connectivity index (χ2n) is 4.60. The van der Waals surface area contributed by atoms with Crippen LogP contribution >= 0.6 is 28.7 Å². The first kappa shape index (κ1) is 29.0. The Morgan fingerprint density at radius 1 is 1.07 bits per heavy atom. The molecular weight excluding hydrogens is 463 g/mol. The Morgan fingerprint density at radius 2 is 1.59 bits per heavy atom. The Kier molecular flexibility index (Phi) is 20.4. The molecular formula is C18H23BBrN2O6S. The molecule has 0 amide bonds. The number of ether oxygens (including phenoxy) is 2. The zero-order chi connectivity index (χ0) is 22.5. The summed E-state index contributed by atoms with van der Waals surface area (Å²) in [6.45, 7) is 1.85. The Morgan fingerprint density at radius 3 is 2.10 bits per heavy atom.